The molecule has 1 atom stereocenters. The van der Waals surface area contributed by atoms with Crippen LogP contribution in [0.2, 0.25) is 0 Å². The van der Waals surface area contributed by atoms with E-state index in [2.05, 4.69) is 36.9 Å². The zero-order chi connectivity index (χ0) is 18.7. The molecular formula is C21H25N3O2. The first-order valence-electron chi connectivity index (χ1n) is 8.70. The van der Waals surface area contributed by atoms with Gasteiger partial charge in [-0.15, -0.1) is 5.48 Å². The summed E-state index contributed by atoms with van der Waals surface area (Å²) in [6, 6.07) is 15.1. The summed E-state index contributed by atoms with van der Waals surface area (Å²) in [7, 11) is 0. The number of rotatable bonds is 4. The third-order valence-electron chi connectivity index (χ3n) is 4.13. The monoisotopic (exact) mass is 351 g/mol. The molecule has 1 amide bonds. The van der Waals surface area contributed by atoms with Crippen LogP contribution in [0.1, 0.15) is 36.7 Å². The van der Waals surface area contributed by atoms with Crippen molar-refractivity contribution in [2.24, 2.45) is 5.41 Å². The lowest BCUT2D eigenvalue weighted by Gasteiger charge is -2.17. The second kappa shape index (κ2) is 7.22. The number of allylic oxidation sites excluding steroid dienone is 1. The first-order chi connectivity index (χ1) is 12.3. The number of anilines is 2. The minimum atomic E-state index is -0.127. The molecule has 0 aliphatic carbocycles. The van der Waals surface area contributed by atoms with Gasteiger partial charge in [-0.05, 0) is 49.4 Å². The lowest BCUT2D eigenvalue weighted by atomic mass is 9.93. The van der Waals surface area contributed by atoms with Gasteiger partial charge in [-0.3, -0.25) is 4.79 Å². The van der Waals surface area contributed by atoms with Gasteiger partial charge < -0.3 is 15.5 Å². The van der Waals surface area contributed by atoms with E-state index in [1.54, 1.807) is 12.1 Å². The minimum Gasteiger partial charge on any atom is -0.410 e. The first-order valence-corrected chi connectivity index (χ1v) is 8.70. The van der Waals surface area contributed by atoms with Crippen LogP contribution >= 0.6 is 0 Å². The van der Waals surface area contributed by atoms with Crippen molar-refractivity contribution in [1.82, 2.24) is 5.48 Å². The molecule has 0 aromatic heterocycles. The van der Waals surface area contributed by atoms with Crippen molar-refractivity contribution in [2.45, 2.75) is 33.9 Å². The van der Waals surface area contributed by atoms with Gasteiger partial charge >= 0.3 is 0 Å². The van der Waals surface area contributed by atoms with Crippen LogP contribution in [-0.2, 0) is 4.84 Å². The highest BCUT2D eigenvalue weighted by molar-refractivity contribution is 6.04. The summed E-state index contributed by atoms with van der Waals surface area (Å²) in [5.41, 5.74) is 6.37. The van der Waals surface area contributed by atoms with Crippen LogP contribution in [-0.4, -0.2) is 12.1 Å². The van der Waals surface area contributed by atoms with Gasteiger partial charge in [-0.2, -0.15) is 0 Å². The third-order valence-corrected chi connectivity index (χ3v) is 4.13. The number of aryl methyl sites for hydroxylation is 1. The second-order valence-electron chi connectivity index (χ2n) is 7.52. The molecule has 3 N–H and O–H groups in total. The molecule has 2 aromatic carbocycles. The Balaban J connectivity index is 1.61. The molecule has 3 rings (SSSR count). The number of carbonyl (C=O) groups excluding carboxylic acids is 1. The van der Waals surface area contributed by atoms with E-state index in [1.807, 2.05) is 49.4 Å². The van der Waals surface area contributed by atoms with Gasteiger partial charge in [-0.1, -0.05) is 38.5 Å². The van der Waals surface area contributed by atoms with Gasteiger partial charge in [-0.25, -0.2) is 0 Å². The predicted molar refractivity (Wildman–Crippen MR) is 105 cm³/mol. The standard InChI is InChI=1S/C21H25N3O2/c1-14-5-9-17(10-6-14)23-20(25)15-7-11-16(12-8-15)22-19-13-18(26-24-19)21(2,3)4/h5-13,19,22,24H,1-4H3,(H,23,25). The Morgan fingerprint density at radius 1 is 1.00 bits per heavy atom. The highest BCUT2D eigenvalue weighted by Crippen LogP contribution is 2.28. The Labute approximate surface area is 154 Å². The van der Waals surface area contributed by atoms with Gasteiger partial charge in [0.2, 0.25) is 0 Å². The first kappa shape index (κ1) is 18.0. The highest BCUT2D eigenvalue weighted by Gasteiger charge is 2.26. The molecule has 0 saturated heterocycles. The predicted octanol–water partition coefficient (Wildman–Crippen LogP) is 4.45. The molecule has 1 heterocycles. The topological polar surface area (TPSA) is 62.4 Å². The van der Waals surface area contributed by atoms with E-state index >= 15 is 0 Å². The van der Waals surface area contributed by atoms with Gasteiger partial charge in [0.05, 0.1) is 0 Å². The lowest BCUT2D eigenvalue weighted by Crippen LogP contribution is -2.29. The van der Waals surface area contributed by atoms with E-state index in [-0.39, 0.29) is 17.5 Å². The van der Waals surface area contributed by atoms with Gasteiger partial charge in [0.25, 0.3) is 5.91 Å². The maximum atomic E-state index is 12.3. The number of hydrogen-bond acceptors (Lipinski definition) is 4. The average molecular weight is 351 g/mol. The number of hydroxylamine groups is 1. The fourth-order valence-electron chi connectivity index (χ4n) is 2.56. The number of hydrogen-bond donors (Lipinski definition) is 3. The summed E-state index contributed by atoms with van der Waals surface area (Å²) in [6.07, 6.45) is 1.93. The van der Waals surface area contributed by atoms with Crippen molar-refractivity contribution in [3.8, 4) is 0 Å². The van der Waals surface area contributed by atoms with E-state index in [1.165, 1.54) is 0 Å². The molecule has 26 heavy (non-hydrogen) atoms. The molecule has 5 heteroatoms. The van der Waals surface area contributed by atoms with Crippen LogP contribution < -0.4 is 16.1 Å². The molecule has 5 nitrogen and oxygen atoms in total. The molecule has 136 valence electrons. The van der Waals surface area contributed by atoms with Crippen LogP contribution in [0.25, 0.3) is 0 Å². The van der Waals surface area contributed by atoms with Crippen molar-refractivity contribution >= 4 is 17.3 Å². The number of benzene rings is 2. The van der Waals surface area contributed by atoms with Crippen LogP contribution in [0.4, 0.5) is 11.4 Å². The van der Waals surface area contributed by atoms with Crippen molar-refractivity contribution in [3.05, 3.63) is 71.5 Å². The second-order valence-corrected chi connectivity index (χ2v) is 7.52. The van der Waals surface area contributed by atoms with E-state index in [4.69, 9.17) is 4.84 Å². The smallest absolute Gasteiger partial charge is 0.255 e. The quantitative estimate of drug-likeness (QED) is 0.761. The molecule has 1 aliphatic rings. The fraction of sp³-hybridized carbons (Fsp3) is 0.286. The molecule has 2 aromatic rings. The van der Waals surface area contributed by atoms with Crippen molar-refractivity contribution in [2.75, 3.05) is 10.6 Å². The molecule has 0 saturated carbocycles. The SMILES string of the molecule is Cc1ccc(NC(=O)c2ccc(NC3C=C(C(C)(C)C)ON3)cc2)cc1. The van der Waals surface area contributed by atoms with E-state index in [0.717, 1.165) is 22.7 Å². The molecule has 0 radical (unpaired) electrons. The number of amides is 1. The largest absolute Gasteiger partial charge is 0.410 e. The average Bonchev–Trinajstić information content (AvgIpc) is 3.06. The van der Waals surface area contributed by atoms with E-state index in [0.29, 0.717) is 5.56 Å². The van der Waals surface area contributed by atoms with Crippen molar-refractivity contribution in [3.63, 3.8) is 0 Å². The number of carbonyl (C=O) groups is 1. The van der Waals surface area contributed by atoms with Crippen LogP contribution in [0, 0.1) is 12.3 Å². The summed E-state index contributed by atoms with van der Waals surface area (Å²) < 4.78 is 0. The molecule has 1 aliphatic heterocycles. The highest BCUT2D eigenvalue weighted by atomic mass is 16.7. The summed E-state index contributed by atoms with van der Waals surface area (Å²) in [5.74, 6) is 0.779. The summed E-state index contributed by atoms with van der Waals surface area (Å²) in [5, 5.41) is 6.22. The van der Waals surface area contributed by atoms with E-state index in [9.17, 15) is 4.79 Å². The maximum Gasteiger partial charge on any atom is 0.255 e. The lowest BCUT2D eigenvalue weighted by molar-refractivity contribution is 0.0838. The minimum absolute atomic E-state index is 0.0403. The van der Waals surface area contributed by atoms with Crippen molar-refractivity contribution in [1.29, 1.82) is 0 Å². The van der Waals surface area contributed by atoms with Gasteiger partial charge in [0.15, 0.2) is 0 Å². The Bertz CT molecular complexity index is 803. The Hall–Kier alpha value is -2.79. The normalized spacial score (nSPS) is 16.6. The summed E-state index contributed by atoms with van der Waals surface area (Å²) in [6.45, 7) is 8.32. The Kier molecular flexibility index (Phi) is 5.00. The summed E-state index contributed by atoms with van der Waals surface area (Å²) >= 11 is 0. The van der Waals surface area contributed by atoms with Gasteiger partial charge in [0.1, 0.15) is 11.9 Å². The zero-order valence-electron chi connectivity index (χ0n) is 15.6. The molecule has 1 unspecified atom stereocenters. The van der Waals surface area contributed by atoms with Crippen LogP contribution in [0.15, 0.2) is 60.4 Å². The molecular weight excluding hydrogens is 326 g/mol. The Morgan fingerprint density at radius 2 is 1.62 bits per heavy atom. The van der Waals surface area contributed by atoms with Crippen LogP contribution in [0.3, 0.4) is 0 Å². The zero-order valence-corrected chi connectivity index (χ0v) is 15.6. The number of nitrogens with one attached hydrogen (secondary N) is 3. The molecule has 0 spiro atoms. The molecule has 0 bridgehead atoms. The maximum absolute atomic E-state index is 12.3. The van der Waals surface area contributed by atoms with Crippen LogP contribution in [0.5, 0.6) is 0 Å². The van der Waals surface area contributed by atoms with Gasteiger partial charge in [0, 0.05) is 22.4 Å². The fourth-order valence-corrected chi connectivity index (χ4v) is 2.56. The third kappa shape index (κ3) is 4.43. The Morgan fingerprint density at radius 3 is 2.19 bits per heavy atom. The van der Waals surface area contributed by atoms with Crippen molar-refractivity contribution < 1.29 is 9.63 Å². The van der Waals surface area contributed by atoms with E-state index < -0.39 is 0 Å². The molecule has 0 fully saturated rings. The summed E-state index contributed by atoms with van der Waals surface area (Å²) in [4.78, 5) is 17.9.